The Kier molecular flexibility index (Phi) is 3.90. The molecule has 0 bridgehead atoms. The number of nitrogens with zero attached hydrogens (tertiary/aromatic N) is 3. The smallest absolute Gasteiger partial charge is 0.260 e. The van der Waals surface area contributed by atoms with Crippen molar-refractivity contribution in [3.63, 3.8) is 0 Å². The van der Waals surface area contributed by atoms with Crippen molar-refractivity contribution in [1.29, 1.82) is 10.5 Å². The fourth-order valence-corrected chi connectivity index (χ4v) is 1.40. The molecule has 0 saturated heterocycles. The first kappa shape index (κ1) is 11.3. The lowest BCUT2D eigenvalue weighted by Gasteiger charge is -2.14. The van der Waals surface area contributed by atoms with Gasteiger partial charge in [-0.2, -0.15) is 10.5 Å². The molecule has 0 aliphatic heterocycles. The van der Waals surface area contributed by atoms with Crippen LogP contribution in [0.15, 0.2) is 21.4 Å². The number of carbonyl (C=O) groups excluding carboxylic acids is 1. The highest BCUT2D eigenvalue weighted by molar-refractivity contribution is 9.10. The van der Waals surface area contributed by atoms with Crippen molar-refractivity contribution in [2.45, 2.75) is 0 Å². The van der Waals surface area contributed by atoms with Gasteiger partial charge in [0.2, 0.25) is 0 Å². The highest BCUT2D eigenvalue weighted by Gasteiger charge is 2.19. The number of halogens is 1. The van der Waals surface area contributed by atoms with Crippen LogP contribution in [0.25, 0.3) is 0 Å². The Morgan fingerprint density at radius 1 is 1.47 bits per heavy atom. The average molecular weight is 268 g/mol. The van der Waals surface area contributed by atoms with Crippen molar-refractivity contribution in [3.8, 4) is 12.1 Å². The lowest BCUT2D eigenvalue weighted by molar-refractivity contribution is 0.0792. The molecule has 5 nitrogen and oxygen atoms in total. The van der Waals surface area contributed by atoms with Gasteiger partial charge >= 0.3 is 0 Å². The molecule has 1 rings (SSSR count). The van der Waals surface area contributed by atoms with Crippen LogP contribution in [0.1, 0.15) is 10.4 Å². The van der Waals surface area contributed by atoms with Crippen molar-refractivity contribution < 1.29 is 9.21 Å². The van der Waals surface area contributed by atoms with Crippen molar-refractivity contribution in [2.24, 2.45) is 0 Å². The molecule has 6 heteroatoms. The molecular weight excluding hydrogens is 262 g/mol. The zero-order valence-electron chi connectivity index (χ0n) is 7.61. The van der Waals surface area contributed by atoms with E-state index in [-0.39, 0.29) is 13.1 Å². The maximum atomic E-state index is 11.7. The van der Waals surface area contributed by atoms with Crippen molar-refractivity contribution >= 4 is 21.8 Å². The number of amides is 1. The molecule has 0 aliphatic carbocycles. The molecule has 0 fully saturated rings. The Hall–Kier alpha value is -1.79. The first-order chi connectivity index (χ1) is 7.20. The molecule has 0 unspecified atom stereocenters. The molecule has 1 amide bonds. The first-order valence-corrected chi connectivity index (χ1v) is 4.76. The molecular formula is C9H6BrN3O2. The number of carbonyl (C=O) groups is 1. The topological polar surface area (TPSA) is 81.0 Å². The minimum atomic E-state index is -0.404. The Bertz CT molecular complexity index is 425. The van der Waals surface area contributed by atoms with Crippen LogP contribution in [0.2, 0.25) is 0 Å². The van der Waals surface area contributed by atoms with E-state index in [0.717, 1.165) is 4.90 Å². The number of rotatable bonds is 3. The van der Waals surface area contributed by atoms with Gasteiger partial charge in [-0.15, -0.1) is 0 Å². The summed E-state index contributed by atoms with van der Waals surface area (Å²) in [6, 6.07) is 5.13. The third kappa shape index (κ3) is 2.58. The summed E-state index contributed by atoms with van der Waals surface area (Å²) in [7, 11) is 0. The average Bonchev–Trinajstić information content (AvgIpc) is 2.63. The SMILES string of the molecule is N#CCN(CC#N)C(=O)c1ccoc1Br. The molecule has 0 aliphatic rings. The van der Waals surface area contributed by atoms with Crippen LogP contribution in [0.5, 0.6) is 0 Å². The summed E-state index contributed by atoms with van der Waals surface area (Å²) in [5, 5.41) is 17.0. The van der Waals surface area contributed by atoms with Crippen LogP contribution in [0.3, 0.4) is 0 Å². The summed E-state index contributed by atoms with van der Waals surface area (Å²) in [5.41, 5.74) is 0.306. The third-order valence-electron chi connectivity index (χ3n) is 1.66. The summed E-state index contributed by atoms with van der Waals surface area (Å²) in [4.78, 5) is 12.9. The highest BCUT2D eigenvalue weighted by atomic mass is 79.9. The largest absolute Gasteiger partial charge is 0.457 e. The van der Waals surface area contributed by atoms with Crippen molar-refractivity contribution in [2.75, 3.05) is 13.1 Å². The van der Waals surface area contributed by atoms with Crippen molar-refractivity contribution in [3.05, 3.63) is 22.6 Å². The molecule has 1 heterocycles. The molecule has 0 spiro atoms. The quantitative estimate of drug-likeness (QED) is 0.778. The lowest BCUT2D eigenvalue weighted by Crippen LogP contribution is -2.31. The summed E-state index contributed by atoms with van der Waals surface area (Å²) in [5.74, 6) is -0.404. The number of nitriles is 2. The van der Waals surface area contributed by atoms with E-state index in [1.54, 1.807) is 0 Å². The zero-order valence-corrected chi connectivity index (χ0v) is 9.19. The van der Waals surface area contributed by atoms with Crippen LogP contribution < -0.4 is 0 Å². The van der Waals surface area contributed by atoms with Crippen LogP contribution >= 0.6 is 15.9 Å². The fraction of sp³-hybridized carbons (Fsp3) is 0.222. The second-order valence-electron chi connectivity index (χ2n) is 2.59. The van der Waals surface area contributed by atoms with E-state index in [1.165, 1.54) is 12.3 Å². The minimum absolute atomic E-state index is 0.121. The Balaban J connectivity index is 2.87. The molecule has 0 N–H and O–H groups in total. The second kappa shape index (κ2) is 5.18. The second-order valence-corrected chi connectivity index (χ2v) is 3.31. The van der Waals surface area contributed by atoms with Crippen LogP contribution in [0.4, 0.5) is 0 Å². The number of hydrogen-bond donors (Lipinski definition) is 0. The maximum absolute atomic E-state index is 11.7. The first-order valence-electron chi connectivity index (χ1n) is 3.97. The van der Waals surface area contributed by atoms with Gasteiger partial charge in [0.1, 0.15) is 13.1 Å². The van der Waals surface area contributed by atoms with E-state index in [2.05, 4.69) is 15.9 Å². The summed E-state index contributed by atoms with van der Waals surface area (Å²) < 4.78 is 5.19. The molecule has 0 aromatic carbocycles. The van der Waals surface area contributed by atoms with Crippen LogP contribution in [-0.4, -0.2) is 23.9 Å². The third-order valence-corrected chi connectivity index (χ3v) is 2.27. The van der Waals surface area contributed by atoms with Gasteiger partial charge < -0.3 is 9.32 Å². The molecule has 0 radical (unpaired) electrons. The molecule has 0 saturated carbocycles. The van der Waals surface area contributed by atoms with Gasteiger partial charge in [0, 0.05) is 0 Å². The van der Waals surface area contributed by atoms with Gasteiger partial charge in [0.05, 0.1) is 24.0 Å². The predicted octanol–water partition coefficient (Wildman–Crippen LogP) is 1.53. The van der Waals surface area contributed by atoms with Gasteiger partial charge in [-0.1, -0.05) is 0 Å². The van der Waals surface area contributed by atoms with E-state index >= 15 is 0 Å². The van der Waals surface area contributed by atoms with Gasteiger partial charge in [0.25, 0.3) is 5.91 Å². The lowest BCUT2D eigenvalue weighted by atomic mass is 10.3. The van der Waals surface area contributed by atoms with Gasteiger partial charge in [-0.25, -0.2) is 0 Å². The Morgan fingerprint density at radius 2 is 2.07 bits per heavy atom. The monoisotopic (exact) mass is 267 g/mol. The molecule has 1 aromatic heterocycles. The van der Waals surface area contributed by atoms with E-state index < -0.39 is 5.91 Å². The minimum Gasteiger partial charge on any atom is -0.457 e. The van der Waals surface area contributed by atoms with Gasteiger partial charge in [0.15, 0.2) is 4.67 Å². The Morgan fingerprint density at radius 3 is 2.47 bits per heavy atom. The molecule has 76 valence electrons. The van der Waals surface area contributed by atoms with Gasteiger partial charge in [-0.3, -0.25) is 4.79 Å². The number of hydrogen-bond acceptors (Lipinski definition) is 4. The summed E-state index contributed by atoms with van der Waals surface area (Å²) in [6.45, 7) is -0.242. The molecule has 15 heavy (non-hydrogen) atoms. The van der Waals surface area contributed by atoms with Crippen LogP contribution in [-0.2, 0) is 0 Å². The van der Waals surface area contributed by atoms with Crippen molar-refractivity contribution in [1.82, 2.24) is 4.90 Å². The maximum Gasteiger partial charge on any atom is 0.260 e. The normalized spacial score (nSPS) is 9.00. The Labute approximate surface area is 94.6 Å². The summed E-state index contributed by atoms with van der Waals surface area (Å²) in [6.07, 6.45) is 1.36. The number of furan rings is 1. The fourth-order valence-electron chi connectivity index (χ4n) is 0.987. The van der Waals surface area contributed by atoms with Crippen LogP contribution in [0, 0.1) is 22.7 Å². The predicted molar refractivity (Wildman–Crippen MR) is 53.5 cm³/mol. The zero-order chi connectivity index (χ0) is 11.3. The van der Waals surface area contributed by atoms with E-state index in [1.807, 2.05) is 12.1 Å². The van der Waals surface area contributed by atoms with Gasteiger partial charge in [-0.05, 0) is 22.0 Å². The van der Waals surface area contributed by atoms with E-state index in [4.69, 9.17) is 14.9 Å². The van der Waals surface area contributed by atoms with E-state index in [0.29, 0.717) is 10.2 Å². The summed E-state index contributed by atoms with van der Waals surface area (Å²) >= 11 is 3.06. The highest BCUT2D eigenvalue weighted by Crippen LogP contribution is 2.19. The molecule has 1 aromatic rings. The standard InChI is InChI=1S/C9H6BrN3O2/c10-8-7(1-6-15-8)9(14)13(4-2-11)5-3-12/h1,6H,4-5H2. The molecule has 0 atom stereocenters. The van der Waals surface area contributed by atoms with E-state index in [9.17, 15) is 4.79 Å².